The normalized spacial score (nSPS) is 14.3. The molecule has 0 bridgehead atoms. The predicted octanol–water partition coefficient (Wildman–Crippen LogP) is 7.07. The average Bonchev–Trinajstić information content (AvgIpc) is 2.79. The second-order valence-corrected chi connectivity index (χ2v) is 7.97. The van der Waals surface area contributed by atoms with Gasteiger partial charge in [-0.3, -0.25) is 4.79 Å². The van der Waals surface area contributed by atoms with E-state index in [1.165, 1.54) is 17.7 Å². The van der Waals surface area contributed by atoms with E-state index in [-0.39, 0.29) is 5.24 Å². The minimum atomic E-state index is -0.680. The van der Waals surface area contributed by atoms with Gasteiger partial charge in [-0.2, -0.15) is 0 Å². The third kappa shape index (κ3) is 3.28. The quantitative estimate of drug-likeness (QED) is 0.282. The Balaban J connectivity index is 0.000000473. The molecular formula is C27H19ClO3. The van der Waals surface area contributed by atoms with Crippen molar-refractivity contribution in [3.8, 4) is 17.2 Å². The van der Waals surface area contributed by atoms with Crippen LogP contribution in [0.3, 0.4) is 0 Å². The molecule has 1 spiro atoms. The number of carbonyl (C=O) groups is 1. The van der Waals surface area contributed by atoms with Crippen LogP contribution in [0.15, 0.2) is 91.0 Å². The van der Waals surface area contributed by atoms with Crippen molar-refractivity contribution in [2.45, 2.75) is 12.5 Å². The predicted molar refractivity (Wildman–Crippen MR) is 124 cm³/mol. The molecule has 0 saturated carbocycles. The highest BCUT2D eigenvalue weighted by molar-refractivity contribution is 6.62. The van der Waals surface area contributed by atoms with Crippen molar-refractivity contribution in [2.75, 3.05) is 0 Å². The molecule has 2 aliphatic rings. The fourth-order valence-electron chi connectivity index (χ4n) is 4.22. The number of fused-ring (bicyclic) bond motifs is 7. The Labute approximate surface area is 185 Å². The first-order valence-electron chi connectivity index (χ1n) is 10.0. The van der Waals surface area contributed by atoms with Crippen molar-refractivity contribution < 1.29 is 14.3 Å². The molecule has 3 nitrogen and oxygen atoms in total. The molecule has 6 rings (SSSR count). The van der Waals surface area contributed by atoms with Crippen LogP contribution < -0.4 is 9.47 Å². The van der Waals surface area contributed by atoms with Crippen LogP contribution in [-0.4, -0.2) is 5.24 Å². The van der Waals surface area contributed by atoms with Crippen LogP contribution in [0.25, 0.3) is 16.8 Å². The number of hydrogen-bond acceptors (Lipinski definition) is 3. The van der Waals surface area contributed by atoms with Gasteiger partial charge < -0.3 is 9.47 Å². The number of rotatable bonds is 0. The molecule has 0 amide bonds. The van der Waals surface area contributed by atoms with Crippen molar-refractivity contribution in [2.24, 2.45) is 0 Å². The molecule has 0 atom stereocenters. The van der Waals surface area contributed by atoms with Gasteiger partial charge in [0.05, 0.1) is 0 Å². The minimum Gasteiger partial charge on any atom is -0.473 e. The molecule has 4 heteroatoms. The SMILES string of the molecule is C1=CC2(Oc3ccc4ccccc4c31)c1ccccc1Oc1ccccc12.CC(=O)Cl. The average molecular weight is 427 g/mol. The van der Waals surface area contributed by atoms with Crippen molar-refractivity contribution >= 4 is 33.7 Å². The second-order valence-electron chi connectivity index (χ2n) is 7.43. The highest BCUT2D eigenvalue weighted by atomic mass is 35.5. The van der Waals surface area contributed by atoms with Gasteiger partial charge in [-0.1, -0.05) is 66.7 Å². The van der Waals surface area contributed by atoms with Gasteiger partial charge >= 0.3 is 0 Å². The molecule has 152 valence electrons. The van der Waals surface area contributed by atoms with Crippen molar-refractivity contribution in [1.82, 2.24) is 0 Å². The molecule has 0 aliphatic carbocycles. The van der Waals surface area contributed by atoms with Crippen LogP contribution in [-0.2, 0) is 10.4 Å². The smallest absolute Gasteiger partial charge is 0.218 e. The maximum atomic E-state index is 9.21. The first kappa shape index (κ1) is 19.4. The van der Waals surface area contributed by atoms with E-state index >= 15 is 0 Å². The Kier molecular flexibility index (Phi) is 4.76. The highest BCUT2D eigenvalue weighted by Crippen LogP contribution is 2.52. The summed E-state index contributed by atoms with van der Waals surface area (Å²) < 4.78 is 12.9. The van der Waals surface area contributed by atoms with Crippen molar-refractivity contribution in [1.29, 1.82) is 0 Å². The highest BCUT2D eigenvalue weighted by Gasteiger charge is 2.44. The molecule has 0 N–H and O–H groups in total. The third-order valence-corrected chi connectivity index (χ3v) is 5.48. The molecule has 0 fully saturated rings. The Morgan fingerprint density at radius 3 is 2.03 bits per heavy atom. The number of hydrogen-bond donors (Lipinski definition) is 0. The lowest BCUT2D eigenvalue weighted by Crippen LogP contribution is -2.37. The molecule has 0 unspecified atom stereocenters. The van der Waals surface area contributed by atoms with Gasteiger partial charge in [-0.25, -0.2) is 0 Å². The summed E-state index contributed by atoms with van der Waals surface area (Å²) >= 11 is 4.64. The molecule has 0 aromatic heterocycles. The topological polar surface area (TPSA) is 35.5 Å². The van der Waals surface area contributed by atoms with Gasteiger partial charge in [0.15, 0.2) is 5.60 Å². The fourth-order valence-corrected chi connectivity index (χ4v) is 4.22. The van der Waals surface area contributed by atoms with Gasteiger partial charge in [0.25, 0.3) is 0 Å². The maximum Gasteiger partial charge on any atom is 0.218 e. The first-order valence-corrected chi connectivity index (χ1v) is 10.4. The lowest BCUT2D eigenvalue weighted by atomic mass is 9.81. The number of para-hydroxylation sites is 2. The zero-order valence-electron chi connectivity index (χ0n) is 16.8. The second kappa shape index (κ2) is 7.60. The lowest BCUT2D eigenvalue weighted by Gasteiger charge is -2.40. The van der Waals surface area contributed by atoms with E-state index < -0.39 is 5.60 Å². The number of ether oxygens (including phenoxy) is 2. The van der Waals surface area contributed by atoms with Gasteiger partial charge in [0.2, 0.25) is 5.24 Å². The van der Waals surface area contributed by atoms with Gasteiger partial charge in [0.1, 0.15) is 17.2 Å². The van der Waals surface area contributed by atoms with E-state index in [4.69, 9.17) is 9.47 Å². The standard InChI is InChI=1S/C25H16O2.C2H3ClO/c1-2-8-18-17(7-1)13-14-22-19(18)15-16-25(27-22)20-9-3-5-11-23(20)26-24-12-6-4-10-21(24)25;1-2(3)4/h1-16H;1H3. The fraction of sp³-hybridized carbons (Fsp3) is 0.0741. The Morgan fingerprint density at radius 1 is 0.774 bits per heavy atom. The minimum absolute atomic E-state index is 0.361. The summed E-state index contributed by atoms with van der Waals surface area (Å²) in [5, 5.41) is 2.06. The number of benzene rings is 4. The van der Waals surface area contributed by atoms with Gasteiger partial charge in [-0.05, 0) is 52.7 Å². The summed E-state index contributed by atoms with van der Waals surface area (Å²) in [5.74, 6) is 2.57. The summed E-state index contributed by atoms with van der Waals surface area (Å²) in [6.07, 6.45) is 4.36. The summed E-state index contributed by atoms with van der Waals surface area (Å²) in [6.45, 7) is 1.29. The lowest BCUT2D eigenvalue weighted by molar-refractivity contribution is -0.109. The molecule has 2 heterocycles. The first-order chi connectivity index (χ1) is 15.1. The van der Waals surface area contributed by atoms with E-state index in [1.807, 2.05) is 36.4 Å². The summed E-state index contributed by atoms with van der Waals surface area (Å²) in [4.78, 5) is 9.21. The van der Waals surface area contributed by atoms with E-state index in [2.05, 4.69) is 72.3 Å². The van der Waals surface area contributed by atoms with Crippen molar-refractivity contribution in [3.05, 3.63) is 108 Å². The molecular weight excluding hydrogens is 408 g/mol. The summed E-state index contributed by atoms with van der Waals surface area (Å²) in [7, 11) is 0. The van der Waals surface area contributed by atoms with Gasteiger partial charge in [0, 0.05) is 23.6 Å². The Morgan fingerprint density at radius 2 is 1.35 bits per heavy atom. The Hall–Kier alpha value is -3.56. The maximum absolute atomic E-state index is 9.21. The monoisotopic (exact) mass is 426 g/mol. The summed E-state index contributed by atoms with van der Waals surface area (Å²) in [5.41, 5.74) is 2.50. The zero-order chi connectivity index (χ0) is 21.4. The molecule has 31 heavy (non-hydrogen) atoms. The van der Waals surface area contributed by atoms with Crippen LogP contribution in [0.2, 0.25) is 0 Å². The van der Waals surface area contributed by atoms with Crippen molar-refractivity contribution in [3.63, 3.8) is 0 Å². The van der Waals surface area contributed by atoms with Crippen LogP contribution in [0, 0.1) is 0 Å². The van der Waals surface area contributed by atoms with Crippen LogP contribution in [0.1, 0.15) is 23.6 Å². The van der Waals surface area contributed by atoms with E-state index in [9.17, 15) is 4.79 Å². The van der Waals surface area contributed by atoms with E-state index in [0.29, 0.717) is 0 Å². The number of carbonyl (C=O) groups excluding carboxylic acids is 1. The molecule has 0 saturated heterocycles. The molecule has 0 radical (unpaired) electrons. The molecule has 4 aromatic rings. The van der Waals surface area contributed by atoms with E-state index in [1.54, 1.807) is 0 Å². The van der Waals surface area contributed by atoms with E-state index in [0.717, 1.165) is 33.9 Å². The largest absolute Gasteiger partial charge is 0.473 e. The summed E-state index contributed by atoms with van der Waals surface area (Å²) in [6, 6.07) is 28.8. The van der Waals surface area contributed by atoms with Crippen LogP contribution in [0.4, 0.5) is 0 Å². The Bertz CT molecular complexity index is 1290. The third-order valence-electron chi connectivity index (χ3n) is 5.48. The number of halogens is 1. The van der Waals surface area contributed by atoms with Crippen LogP contribution >= 0.6 is 11.6 Å². The van der Waals surface area contributed by atoms with Gasteiger partial charge in [-0.15, -0.1) is 0 Å². The zero-order valence-corrected chi connectivity index (χ0v) is 17.6. The molecule has 4 aromatic carbocycles. The van der Waals surface area contributed by atoms with Crippen LogP contribution in [0.5, 0.6) is 17.2 Å². The molecule has 2 aliphatic heterocycles.